The fraction of sp³-hybridized carbons (Fsp3) is 0.458. The summed E-state index contributed by atoms with van der Waals surface area (Å²) in [5.74, 6) is 1.75. The van der Waals surface area contributed by atoms with Crippen LogP contribution in [0, 0.1) is 11.7 Å². The summed E-state index contributed by atoms with van der Waals surface area (Å²) in [4.78, 5) is 4.22. The third kappa shape index (κ3) is 8.19. The molecule has 1 heterocycles. The van der Waals surface area contributed by atoms with Crippen LogP contribution in [0.2, 0.25) is 0 Å². The molecule has 0 bridgehead atoms. The average molecular weight is 430 g/mol. The molecule has 2 aromatic carbocycles. The Morgan fingerprint density at radius 2 is 2.00 bits per heavy atom. The molecule has 0 saturated carbocycles. The largest absolute Gasteiger partial charge is 0.454 e. The van der Waals surface area contributed by atoms with Crippen molar-refractivity contribution in [1.82, 2.24) is 10.6 Å². The lowest BCUT2D eigenvalue weighted by Gasteiger charge is -2.13. The molecule has 0 amide bonds. The third-order valence-electron chi connectivity index (χ3n) is 5.03. The van der Waals surface area contributed by atoms with Gasteiger partial charge in [0, 0.05) is 39.3 Å². The fourth-order valence-electron chi connectivity index (χ4n) is 3.29. The van der Waals surface area contributed by atoms with Gasteiger partial charge in [-0.1, -0.05) is 24.3 Å². The number of nitrogens with zero attached hydrogens (tertiary/aromatic N) is 1. The maximum absolute atomic E-state index is 14.4. The number of benzene rings is 2. The summed E-state index contributed by atoms with van der Waals surface area (Å²) < 4.78 is 31.0. The van der Waals surface area contributed by atoms with Crippen molar-refractivity contribution in [2.24, 2.45) is 10.9 Å². The number of hydrogen-bond acceptors (Lipinski definition) is 4. The van der Waals surface area contributed by atoms with Crippen molar-refractivity contribution in [3.8, 4) is 11.5 Å². The standard InChI is InChI=1S/C24H32FN3O3/c1-26-24(27-12-5-14-29-17-20-11-15-30-18-20)28-13-10-19-8-9-23(22(25)16-19)31-21-6-3-2-4-7-21/h2-4,6-9,16,20H,5,10-15,17-18H2,1H3,(H2,26,27,28). The molecule has 168 valence electrons. The predicted octanol–water partition coefficient (Wildman–Crippen LogP) is 3.77. The summed E-state index contributed by atoms with van der Waals surface area (Å²) in [5.41, 5.74) is 0.894. The molecule has 0 radical (unpaired) electrons. The molecule has 31 heavy (non-hydrogen) atoms. The number of hydrogen-bond donors (Lipinski definition) is 2. The van der Waals surface area contributed by atoms with Crippen LogP contribution in [-0.4, -0.2) is 52.5 Å². The number of para-hydroxylation sites is 1. The minimum absolute atomic E-state index is 0.225. The highest BCUT2D eigenvalue weighted by Crippen LogP contribution is 2.25. The molecule has 1 fully saturated rings. The van der Waals surface area contributed by atoms with Gasteiger partial charge in [0.05, 0.1) is 13.2 Å². The summed E-state index contributed by atoms with van der Waals surface area (Å²) in [6, 6.07) is 14.3. The van der Waals surface area contributed by atoms with E-state index in [9.17, 15) is 4.39 Å². The molecule has 1 aliphatic heterocycles. The van der Waals surface area contributed by atoms with E-state index < -0.39 is 0 Å². The fourth-order valence-corrected chi connectivity index (χ4v) is 3.29. The van der Waals surface area contributed by atoms with E-state index in [1.807, 2.05) is 24.3 Å². The van der Waals surface area contributed by atoms with E-state index >= 15 is 0 Å². The van der Waals surface area contributed by atoms with E-state index in [0.29, 0.717) is 24.6 Å². The Labute approximate surface area is 183 Å². The Bertz CT molecular complexity index is 811. The second-order valence-corrected chi connectivity index (χ2v) is 7.51. The number of rotatable bonds is 11. The Kier molecular flexibility index (Phi) is 9.60. The van der Waals surface area contributed by atoms with Crippen molar-refractivity contribution < 1.29 is 18.6 Å². The second kappa shape index (κ2) is 12.9. The van der Waals surface area contributed by atoms with Crippen LogP contribution in [0.1, 0.15) is 18.4 Å². The van der Waals surface area contributed by atoms with Crippen molar-refractivity contribution in [3.05, 3.63) is 59.9 Å². The van der Waals surface area contributed by atoms with Crippen LogP contribution in [0.5, 0.6) is 11.5 Å². The van der Waals surface area contributed by atoms with Gasteiger partial charge in [-0.15, -0.1) is 0 Å². The van der Waals surface area contributed by atoms with Crippen molar-refractivity contribution >= 4 is 5.96 Å². The molecule has 7 heteroatoms. The molecule has 0 aliphatic carbocycles. The summed E-state index contributed by atoms with van der Waals surface area (Å²) in [6.07, 6.45) is 2.68. The van der Waals surface area contributed by atoms with Crippen LogP contribution < -0.4 is 15.4 Å². The number of nitrogens with one attached hydrogen (secondary N) is 2. The van der Waals surface area contributed by atoms with Gasteiger partial charge in [-0.2, -0.15) is 0 Å². The van der Waals surface area contributed by atoms with Gasteiger partial charge < -0.3 is 24.8 Å². The quantitative estimate of drug-likeness (QED) is 0.323. The Morgan fingerprint density at radius 1 is 1.16 bits per heavy atom. The predicted molar refractivity (Wildman–Crippen MR) is 120 cm³/mol. The van der Waals surface area contributed by atoms with Gasteiger partial charge in [-0.3, -0.25) is 4.99 Å². The molecule has 1 aliphatic rings. The lowest BCUT2D eigenvalue weighted by Crippen LogP contribution is -2.39. The molecule has 2 aromatic rings. The highest BCUT2D eigenvalue weighted by molar-refractivity contribution is 5.79. The molecule has 1 atom stereocenters. The summed E-state index contributed by atoms with van der Waals surface area (Å²) in [6.45, 7) is 4.60. The first-order valence-electron chi connectivity index (χ1n) is 10.9. The topological polar surface area (TPSA) is 64.1 Å². The first-order valence-corrected chi connectivity index (χ1v) is 10.9. The highest BCUT2D eigenvalue weighted by atomic mass is 19.1. The van der Waals surface area contributed by atoms with Gasteiger partial charge in [-0.05, 0) is 49.1 Å². The summed E-state index contributed by atoms with van der Waals surface area (Å²) in [5, 5.41) is 6.53. The smallest absolute Gasteiger partial charge is 0.190 e. The molecule has 6 nitrogen and oxygen atoms in total. The second-order valence-electron chi connectivity index (χ2n) is 7.51. The van der Waals surface area contributed by atoms with Gasteiger partial charge in [-0.25, -0.2) is 4.39 Å². The molecule has 0 spiro atoms. The Morgan fingerprint density at radius 3 is 2.74 bits per heavy atom. The number of halogens is 1. The highest BCUT2D eigenvalue weighted by Gasteiger charge is 2.15. The minimum atomic E-state index is -0.368. The van der Waals surface area contributed by atoms with Crippen LogP contribution in [0.4, 0.5) is 4.39 Å². The zero-order valence-corrected chi connectivity index (χ0v) is 18.1. The van der Waals surface area contributed by atoms with Crippen molar-refractivity contribution in [1.29, 1.82) is 0 Å². The van der Waals surface area contributed by atoms with Crippen molar-refractivity contribution in [2.45, 2.75) is 19.3 Å². The van der Waals surface area contributed by atoms with E-state index in [0.717, 1.165) is 57.3 Å². The first-order chi connectivity index (χ1) is 15.2. The third-order valence-corrected chi connectivity index (χ3v) is 5.03. The van der Waals surface area contributed by atoms with Gasteiger partial charge >= 0.3 is 0 Å². The zero-order valence-electron chi connectivity index (χ0n) is 18.1. The summed E-state index contributed by atoms with van der Waals surface area (Å²) >= 11 is 0. The monoisotopic (exact) mass is 429 g/mol. The normalized spacial score (nSPS) is 16.3. The maximum Gasteiger partial charge on any atom is 0.190 e. The Hall–Kier alpha value is -2.64. The number of ether oxygens (including phenoxy) is 3. The van der Waals surface area contributed by atoms with E-state index in [2.05, 4.69) is 15.6 Å². The van der Waals surface area contributed by atoms with Crippen molar-refractivity contribution in [3.63, 3.8) is 0 Å². The van der Waals surface area contributed by atoms with E-state index in [4.69, 9.17) is 14.2 Å². The number of aliphatic imine (C=N–C) groups is 1. The average Bonchev–Trinajstić information content (AvgIpc) is 3.31. The molecular formula is C24H32FN3O3. The van der Waals surface area contributed by atoms with Crippen molar-refractivity contribution in [2.75, 3.05) is 46.6 Å². The van der Waals surface area contributed by atoms with Gasteiger partial charge in [0.25, 0.3) is 0 Å². The SMILES string of the molecule is CN=C(NCCCOCC1CCOC1)NCCc1ccc(Oc2ccccc2)c(F)c1. The Balaban J connectivity index is 1.31. The first kappa shape index (κ1) is 23.0. The van der Waals surface area contributed by atoms with E-state index in [-0.39, 0.29) is 11.6 Å². The van der Waals surface area contributed by atoms with Crippen LogP contribution in [0.15, 0.2) is 53.5 Å². The van der Waals surface area contributed by atoms with Gasteiger partial charge in [0.2, 0.25) is 0 Å². The lowest BCUT2D eigenvalue weighted by molar-refractivity contribution is 0.0888. The van der Waals surface area contributed by atoms with Crippen LogP contribution in [0.25, 0.3) is 0 Å². The van der Waals surface area contributed by atoms with Gasteiger partial charge in [0.15, 0.2) is 17.5 Å². The maximum atomic E-state index is 14.4. The van der Waals surface area contributed by atoms with Gasteiger partial charge in [0.1, 0.15) is 5.75 Å². The van der Waals surface area contributed by atoms with Crippen LogP contribution in [-0.2, 0) is 15.9 Å². The lowest BCUT2D eigenvalue weighted by atomic mass is 10.1. The molecule has 3 rings (SSSR count). The molecule has 2 N–H and O–H groups in total. The molecule has 0 aromatic heterocycles. The zero-order chi connectivity index (χ0) is 21.7. The number of guanidine groups is 1. The molecule has 1 unspecified atom stereocenters. The minimum Gasteiger partial charge on any atom is -0.454 e. The van der Waals surface area contributed by atoms with E-state index in [1.165, 1.54) is 6.07 Å². The van der Waals surface area contributed by atoms with E-state index in [1.54, 1.807) is 25.2 Å². The van der Waals surface area contributed by atoms with Crippen LogP contribution >= 0.6 is 0 Å². The summed E-state index contributed by atoms with van der Waals surface area (Å²) in [7, 11) is 1.74. The molecular weight excluding hydrogens is 397 g/mol. The van der Waals surface area contributed by atoms with Crippen LogP contribution in [0.3, 0.4) is 0 Å². The molecule has 1 saturated heterocycles.